The van der Waals surface area contributed by atoms with Crippen molar-refractivity contribution in [2.45, 2.75) is 239 Å². The molecule has 0 amide bonds. The number of unbranched alkanes of at least 4 members (excludes halogenated alkanes) is 27. The third-order valence-electron chi connectivity index (χ3n) is 8.00. The molecule has 1 atom stereocenters. The second kappa shape index (κ2) is 73.9. The van der Waals surface area contributed by atoms with Crippen LogP contribution in [0.5, 0.6) is 0 Å². The fraction of sp³-hybridized carbons (Fsp3) is 0.698. The van der Waals surface area contributed by atoms with E-state index in [0.29, 0.717) is 4.90 Å². The van der Waals surface area contributed by atoms with Crippen LogP contribution in [0.1, 0.15) is 234 Å². The van der Waals surface area contributed by atoms with Gasteiger partial charge in [0, 0.05) is 31.1 Å². The van der Waals surface area contributed by atoms with Gasteiger partial charge >= 0.3 is 0 Å². The molecule has 0 saturated carbocycles. The molecular weight excluding hydrogens is 808 g/mol. The first-order valence-corrected chi connectivity index (χ1v) is 24.1. The largest absolute Gasteiger partial charge is 0.768 e. The average Bonchev–Trinajstić information content (AvgIpc) is 3.16. The number of allylic oxidation sites excluding steroid dienone is 2. The molecule has 3 nitrogen and oxygen atoms in total. The van der Waals surface area contributed by atoms with Crippen LogP contribution in [0.3, 0.4) is 0 Å². The molecular formula is C53H103O3SZr-7. The molecule has 0 saturated heterocycles. The molecule has 0 aromatic heterocycles. The SMILES string of the molecule is C=C[CH2-].C=C[CH2-].O.O=S([O-])c1ccccc1.[CH2-]C(C)(C)C.[CH2-]CCCCCCCCCCC.[CH2-]CCCCCCCCCCC.[CH2-]CCCCCCCCCCC.[Zr]. The van der Waals surface area contributed by atoms with Crippen LogP contribution in [-0.4, -0.2) is 14.2 Å². The molecule has 1 aromatic carbocycles. The summed E-state index contributed by atoms with van der Waals surface area (Å²) in [5.41, 5.74) is 0.250. The van der Waals surface area contributed by atoms with Crippen LogP contribution in [0, 0.1) is 47.0 Å². The molecule has 350 valence electrons. The zero-order valence-electron chi connectivity index (χ0n) is 40.1. The maximum atomic E-state index is 10.2. The van der Waals surface area contributed by atoms with E-state index in [-0.39, 0.29) is 37.1 Å². The minimum atomic E-state index is -2.08. The molecule has 1 aromatic rings. The molecule has 0 heterocycles. The first-order chi connectivity index (χ1) is 26.9. The minimum Gasteiger partial charge on any atom is -0.768 e. The van der Waals surface area contributed by atoms with Gasteiger partial charge < -0.3 is 37.7 Å². The maximum Gasteiger partial charge on any atom is 0.0248 e. The molecule has 0 fully saturated rings. The number of hydrogen-bond acceptors (Lipinski definition) is 2. The Morgan fingerprint density at radius 2 is 0.690 bits per heavy atom. The summed E-state index contributed by atoms with van der Waals surface area (Å²) >= 11 is -2.08. The van der Waals surface area contributed by atoms with Gasteiger partial charge in [-0.1, -0.05) is 233 Å². The van der Waals surface area contributed by atoms with E-state index in [9.17, 15) is 8.76 Å². The van der Waals surface area contributed by atoms with E-state index >= 15 is 0 Å². The van der Waals surface area contributed by atoms with E-state index in [1.54, 1.807) is 30.3 Å². The van der Waals surface area contributed by atoms with Crippen molar-refractivity contribution < 1.29 is 40.4 Å². The zero-order valence-corrected chi connectivity index (χ0v) is 43.4. The van der Waals surface area contributed by atoms with Gasteiger partial charge in [-0.2, -0.15) is 24.7 Å². The summed E-state index contributed by atoms with van der Waals surface area (Å²) < 4.78 is 20.4. The van der Waals surface area contributed by atoms with Gasteiger partial charge in [-0.15, -0.1) is 0 Å². The van der Waals surface area contributed by atoms with E-state index < -0.39 is 11.1 Å². The predicted molar refractivity (Wildman–Crippen MR) is 265 cm³/mol. The molecule has 0 bridgehead atoms. The van der Waals surface area contributed by atoms with Gasteiger partial charge in [0.1, 0.15) is 0 Å². The van der Waals surface area contributed by atoms with Crippen molar-refractivity contribution in [3.63, 3.8) is 0 Å². The smallest absolute Gasteiger partial charge is 0.0248 e. The van der Waals surface area contributed by atoms with Crippen LogP contribution in [0.4, 0.5) is 0 Å². The van der Waals surface area contributed by atoms with Crippen molar-refractivity contribution in [2.24, 2.45) is 5.41 Å². The topological polar surface area (TPSA) is 71.6 Å². The standard InChI is InChI=1S/3C12H25.C6H6O2S.C5H11.2C3H5.H2O.Zr/c3*1-3-5-7-9-11-12-10-8-6-4-2;7-9(8)6-4-2-1-3-5-6;1-5(2,3)4;2*1-3-2;;/h3*1,3-12H2,2H3;1-5H,(H,7,8);1H2,2-4H3;2*3H,1-2H2;1H2;/q3*-1;;3*-1;;/p-1. The Morgan fingerprint density at radius 3 is 0.828 bits per heavy atom. The Balaban J connectivity index is -0.0000000874. The van der Waals surface area contributed by atoms with E-state index in [2.05, 4.69) is 96.2 Å². The first-order valence-electron chi connectivity index (χ1n) is 23.1. The fourth-order valence-corrected chi connectivity index (χ4v) is 5.37. The van der Waals surface area contributed by atoms with Crippen molar-refractivity contribution in [3.05, 3.63) is 97.2 Å². The molecule has 0 radical (unpaired) electrons. The fourth-order valence-electron chi connectivity index (χ4n) is 4.99. The molecule has 0 spiro atoms. The quantitative estimate of drug-likeness (QED) is 0.0477. The molecule has 1 rings (SSSR count). The molecule has 2 N–H and O–H groups in total. The molecule has 0 aliphatic heterocycles. The summed E-state index contributed by atoms with van der Waals surface area (Å²) in [6.07, 6.45) is 44.7. The summed E-state index contributed by atoms with van der Waals surface area (Å²) in [5, 5.41) is 0. The van der Waals surface area contributed by atoms with Gasteiger partial charge in [0.2, 0.25) is 0 Å². The van der Waals surface area contributed by atoms with Gasteiger partial charge in [0.25, 0.3) is 0 Å². The van der Waals surface area contributed by atoms with E-state index in [4.69, 9.17) is 0 Å². The Bertz CT molecular complexity index is 705. The summed E-state index contributed by atoms with van der Waals surface area (Å²) in [4.78, 5) is 0.331. The van der Waals surface area contributed by atoms with Crippen LogP contribution in [0.25, 0.3) is 0 Å². The van der Waals surface area contributed by atoms with Gasteiger partial charge in [-0.25, -0.2) is 39.2 Å². The number of rotatable bonds is 28. The van der Waals surface area contributed by atoms with Gasteiger partial charge in [0.15, 0.2) is 0 Å². The summed E-state index contributed by atoms with van der Waals surface area (Å²) in [6, 6.07) is 8.23. The van der Waals surface area contributed by atoms with Crippen LogP contribution in [0.15, 0.2) is 60.5 Å². The van der Waals surface area contributed by atoms with E-state index in [1.165, 1.54) is 186 Å². The monoisotopic (exact) mass is 910 g/mol. The molecule has 5 heteroatoms. The van der Waals surface area contributed by atoms with Crippen molar-refractivity contribution in [2.75, 3.05) is 0 Å². The third kappa shape index (κ3) is 111. The van der Waals surface area contributed by atoms with Crippen LogP contribution >= 0.6 is 0 Å². The molecule has 0 aliphatic carbocycles. The normalized spacial score (nSPS) is 9.98. The summed E-state index contributed by atoms with van der Waals surface area (Å²) in [6.45, 7) is 41.3. The Kier molecular flexibility index (Phi) is 95.3. The average molecular weight is 912 g/mol. The van der Waals surface area contributed by atoms with Crippen LogP contribution in [0.2, 0.25) is 0 Å². The number of benzene rings is 1. The predicted octanol–water partition coefficient (Wildman–Crippen LogP) is 18.2. The second-order valence-corrected chi connectivity index (χ2v) is 16.7. The summed E-state index contributed by atoms with van der Waals surface area (Å²) in [7, 11) is 0. The Hall–Kier alpha value is -0.607. The van der Waals surface area contributed by atoms with Crippen molar-refractivity contribution in [1.29, 1.82) is 0 Å². The van der Waals surface area contributed by atoms with Crippen molar-refractivity contribution >= 4 is 11.1 Å². The minimum absolute atomic E-state index is 0. The van der Waals surface area contributed by atoms with Gasteiger partial charge in [-0.3, -0.25) is 4.21 Å². The molecule has 1 unspecified atom stereocenters. The van der Waals surface area contributed by atoms with Gasteiger partial charge in [0.05, 0.1) is 0 Å². The van der Waals surface area contributed by atoms with Crippen molar-refractivity contribution in [3.8, 4) is 0 Å². The third-order valence-corrected chi connectivity index (χ3v) is 8.65. The zero-order chi connectivity index (χ0) is 43.8. The Morgan fingerprint density at radius 1 is 0.517 bits per heavy atom. The molecule has 58 heavy (non-hydrogen) atoms. The van der Waals surface area contributed by atoms with Crippen molar-refractivity contribution in [1.82, 2.24) is 0 Å². The first kappa shape index (κ1) is 74.8. The van der Waals surface area contributed by atoms with E-state index in [1.807, 2.05) is 0 Å². The Labute approximate surface area is 390 Å². The molecule has 0 aliphatic rings. The van der Waals surface area contributed by atoms with Crippen LogP contribution < -0.4 is 0 Å². The van der Waals surface area contributed by atoms with Gasteiger partial charge in [-0.05, 0) is 23.2 Å². The second-order valence-electron chi connectivity index (χ2n) is 15.7. The summed E-state index contributed by atoms with van der Waals surface area (Å²) in [5.74, 6) is 0. The van der Waals surface area contributed by atoms with E-state index in [0.717, 1.165) is 19.3 Å². The van der Waals surface area contributed by atoms with Crippen LogP contribution in [-0.2, 0) is 37.3 Å². The number of hydrogen-bond donors (Lipinski definition) is 0. The maximum absolute atomic E-state index is 10.2.